The molecule has 1 amide bonds. The summed E-state index contributed by atoms with van der Waals surface area (Å²) in [6.07, 6.45) is 6.52. The Balaban J connectivity index is 1.69. The van der Waals surface area contributed by atoms with E-state index in [9.17, 15) is 4.79 Å². The molecule has 20 heavy (non-hydrogen) atoms. The van der Waals surface area contributed by atoms with Gasteiger partial charge in [0.2, 0.25) is 5.91 Å². The Hall–Kier alpha value is -1.68. The number of nitrogens with zero attached hydrogens (tertiary/aromatic N) is 1. The molecule has 0 aliphatic rings. The van der Waals surface area contributed by atoms with E-state index in [0.29, 0.717) is 6.42 Å². The lowest BCUT2D eigenvalue weighted by molar-refractivity contribution is -0.697. The van der Waals surface area contributed by atoms with Crippen molar-refractivity contribution in [2.45, 2.75) is 25.8 Å². The fraction of sp³-hybridized carbons (Fsp3) is 0.250. The van der Waals surface area contributed by atoms with Crippen LogP contribution in [0.2, 0.25) is 0 Å². The van der Waals surface area contributed by atoms with E-state index in [-0.39, 0.29) is 5.91 Å². The Kier molecular flexibility index (Phi) is 5.74. The molecule has 1 aromatic heterocycles. The van der Waals surface area contributed by atoms with Gasteiger partial charge < -0.3 is 5.32 Å². The summed E-state index contributed by atoms with van der Waals surface area (Å²) in [6, 6.07) is 13.7. The highest BCUT2D eigenvalue weighted by Crippen LogP contribution is 2.21. The minimum absolute atomic E-state index is 0.0648. The molecular weight excluding hydrogens is 316 g/mol. The number of pyridine rings is 1. The number of aryl methyl sites for hydroxylation is 1. The Morgan fingerprint density at radius 3 is 2.55 bits per heavy atom. The maximum absolute atomic E-state index is 11.8. The van der Waals surface area contributed by atoms with Crippen molar-refractivity contribution >= 4 is 27.5 Å². The van der Waals surface area contributed by atoms with Crippen molar-refractivity contribution in [1.29, 1.82) is 0 Å². The molecular formula is C16H18BrN2O+. The van der Waals surface area contributed by atoms with Crippen LogP contribution in [-0.2, 0) is 11.3 Å². The SMILES string of the molecule is O=C(CCCC[n+]1ccccc1)Nc1ccccc1Br. The number of para-hydroxylation sites is 1. The molecule has 2 rings (SSSR count). The minimum Gasteiger partial charge on any atom is -0.325 e. The summed E-state index contributed by atoms with van der Waals surface area (Å²) in [4.78, 5) is 11.8. The molecule has 0 saturated carbocycles. The van der Waals surface area contributed by atoms with Crippen LogP contribution in [0.25, 0.3) is 0 Å². The maximum atomic E-state index is 11.8. The van der Waals surface area contributed by atoms with E-state index < -0.39 is 0 Å². The predicted octanol–water partition coefficient (Wildman–Crippen LogP) is 3.55. The molecule has 4 heteroatoms. The van der Waals surface area contributed by atoms with Crippen molar-refractivity contribution in [3.05, 3.63) is 59.3 Å². The third kappa shape index (κ3) is 4.78. The van der Waals surface area contributed by atoms with Gasteiger partial charge in [0.15, 0.2) is 12.4 Å². The monoisotopic (exact) mass is 333 g/mol. The van der Waals surface area contributed by atoms with Crippen LogP contribution in [0.3, 0.4) is 0 Å². The third-order valence-electron chi connectivity index (χ3n) is 3.00. The van der Waals surface area contributed by atoms with Crippen molar-refractivity contribution < 1.29 is 9.36 Å². The van der Waals surface area contributed by atoms with E-state index in [1.165, 1.54) is 0 Å². The average molecular weight is 334 g/mol. The van der Waals surface area contributed by atoms with Crippen LogP contribution >= 0.6 is 15.9 Å². The van der Waals surface area contributed by atoms with Crippen molar-refractivity contribution in [2.75, 3.05) is 5.32 Å². The summed E-state index contributed by atoms with van der Waals surface area (Å²) in [5.74, 6) is 0.0648. The summed E-state index contributed by atoms with van der Waals surface area (Å²) in [7, 11) is 0. The highest BCUT2D eigenvalue weighted by atomic mass is 79.9. The van der Waals surface area contributed by atoms with Crippen LogP contribution in [0.4, 0.5) is 5.69 Å². The highest BCUT2D eigenvalue weighted by molar-refractivity contribution is 9.10. The van der Waals surface area contributed by atoms with Crippen LogP contribution in [0, 0.1) is 0 Å². The standard InChI is InChI=1S/C16H17BrN2O/c17-14-8-2-3-9-15(14)18-16(20)10-4-7-13-19-11-5-1-6-12-19/h1-3,5-6,8-9,11-12H,4,7,10,13H2/p+1. The molecule has 1 aromatic carbocycles. The lowest BCUT2D eigenvalue weighted by Crippen LogP contribution is -2.32. The summed E-state index contributed by atoms with van der Waals surface area (Å²) in [5.41, 5.74) is 0.829. The maximum Gasteiger partial charge on any atom is 0.224 e. The molecule has 0 aliphatic heterocycles. The first-order valence-electron chi connectivity index (χ1n) is 6.74. The number of anilines is 1. The molecule has 1 N–H and O–H groups in total. The van der Waals surface area contributed by atoms with Crippen molar-refractivity contribution in [3.63, 3.8) is 0 Å². The molecule has 0 fully saturated rings. The number of halogens is 1. The van der Waals surface area contributed by atoms with E-state index in [1.807, 2.05) is 54.9 Å². The van der Waals surface area contributed by atoms with Gasteiger partial charge in [0.1, 0.15) is 6.54 Å². The molecule has 0 atom stereocenters. The number of benzene rings is 1. The number of amides is 1. The Labute approximate surface area is 127 Å². The Morgan fingerprint density at radius 2 is 1.80 bits per heavy atom. The summed E-state index contributed by atoms with van der Waals surface area (Å²) in [6.45, 7) is 0.948. The smallest absolute Gasteiger partial charge is 0.224 e. The first kappa shape index (κ1) is 14.7. The zero-order valence-electron chi connectivity index (χ0n) is 11.3. The van der Waals surface area contributed by atoms with Crippen LogP contribution in [0.15, 0.2) is 59.3 Å². The average Bonchev–Trinajstić information content (AvgIpc) is 2.47. The van der Waals surface area contributed by atoms with E-state index in [1.54, 1.807) is 0 Å². The predicted molar refractivity (Wildman–Crippen MR) is 83.3 cm³/mol. The fourth-order valence-corrected chi connectivity index (χ4v) is 2.32. The number of aromatic nitrogens is 1. The van der Waals surface area contributed by atoms with E-state index in [2.05, 4.69) is 25.8 Å². The first-order valence-corrected chi connectivity index (χ1v) is 7.53. The van der Waals surface area contributed by atoms with Gasteiger partial charge in [-0.05, 0) is 34.5 Å². The molecule has 0 spiro atoms. The number of nitrogens with one attached hydrogen (secondary N) is 1. The van der Waals surface area contributed by atoms with Gasteiger partial charge in [-0.15, -0.1) is 0 Å². The van der Waals surface area contributed by atoms with Gasteiger partial charge in [-0.1, -0.05) is 18.2 Å². The zero-order valence-corrected chi connectivity index (χ0v) is 12.8. The molecule has 2 aromatic rings. The Morgan fingerprint density at radius 1 is 1.05 bits per heavy atom. The van der Waals surface area contributed by atoms with E-state index in [0.717, 1.165) is 29.5 Å². The number of unbranched alkanes of at least 4 members (excludes halogenated alkanes) is 1. The second kappa shape index (κ2) is 7.80. The zero-order chi connectivity index (χ0) is 14.2. The fourth-order valence-electron chi connectivity index (χ4n) is 1.94. The van der Waals surface area contributed by atoms with Crippen LogP contribution in [0.1, 0.15) is 19.3 Å². The Bertz CT molecular complexity index is 557. The van der Waals surface area contributed by atoms with Gasteiger partial charge in [-0.3, -0.25) is 4.79 Å². The van der Waals surface area contributed by atoms with Gasteiger partial charge in [-0.2, -0.15) is 0 Å². The summed E-state index contributed by atoms with van der Waals surface area (Å²) in [5, 5.41) is 2.92. The van der Waals surface area contributed by atoms with E-state index >= 15 is 0 Å². The van der Waals surface area contributed by atoms with Gasteiger partial charge in [0.05, 0.1) is 5.69 Å². The second-order valence-electron chi connectivity index (χ2n) is 4.60. The van der Waals surface area contributed by atoms with Crippen LogP contribution in [0.5, 0.6) is 0 Å². The third-order valence-corrected chi connectivity index (χ3v) is 3.69. The van der Waals surface area contributed by atoms with Crippen LogP contribution < -0.4 is 9.88 Å². The topological polar surface area (TPSA) is 33.0 Å². The number of carbonyl (C=O) groups excluding carboxylic acids is 1. The van der Waals surface area contributed by atoms with Crippen LogP contribution in [-0.4, -0.2) is 5.91 Å². The lowest BCUT2D eigenvalue weighted by atomic mass is 10.2. The number of hydrogen-bond acceptors (Lipinski definition) is 1. The van der Waals surface area contributed by atoms with Gasteiger partial charge in [0, 0.05) is 29.4 Å². The van der Waals surface area contributed by atoms with Crippen molar-refractivity contribution in [3.8, 4) is 0 Å². The highest BCUT2D eigenvalue weighted by Gasteiger charge is 2.05. The number of carbonyl (C=O) groups is 1. The molecule has 1 heterocycles. The normalized spacial score (nSPS) is 10.2. The van der Waals surface area contributed by atoms with Crippen molar-refractivity contribution in [2.24, 2.45) is 0 Å². The first-order chi connectivity index (χ1) is 9.75. The minimum atomic E-state index is 0.0648. The lowest BCUT2D eigenvalue weighted by Gasteiger charge is -2.06. The molecule has 0 aliphatic carbocycles. The molecule has 0 bridgehead atoms. The number of hydrogen-bond donors (Lipinski definition) is 1. The van der Waals surface area contributed by atoms with E-state index in [4.69, 9.17) is 0 Å². The van der Waals surface area contributed by atoms with Gasteiger partial charge >= 0.3 is 0 Å². The summed E-state index contributed by atoms with van der Waals surface area (Å²) >= 11 is 3.42. The molecule has 0 unspecified atom stereocenters. The molecule has 0 saturated heterocycles. The summed E-state index contributed by atoms with van der Waals surface area (Å²) < 4.78 is 3.04. The quantitative estimate of drug-likeness (QED) is 0.636. The van der Waals surface area contributed by atoms with Crippen molar-refractivity contribution in [1.82, 2.24) is 0 Å². The molecule has 3 nitrogen and oxygen atoms in total. The molecule has 104 valence electrons. The van der Waals surface area contributed by atoms with Gasteiger partial charge in [0.25, 0.3) is 0 Å². The largest absolute Gasteiger partial charge is 0.325 e. The number of rotatable bonds is 6. The second-order valence-corrected chi connectivity index (χ2v) is 5.45. The van der Waals surface area contributed by atoms with Gasteiger partial charge in [-0.25, -0.2) is 4.57 Å². The molecule has 0 radical (unpaired) electrons.